The Morgan fingerprint density at radius 1 is 1.26 bits per heavy atom. The Hall–Kier alpha value is -2.14. The van der Waals surface area contributed by atoms with Crippen molar-refractivity contribution >= 4 is 23.0 Å². The highest BCUT2D eigenvalue weighted by Crippen LogP contribution is 2.21. The Morgan fingerprint density at radius 3 is 2.68 bits per heavy atom. The van der Waals surface area contributed by atoms with Crippen LogP contribution in [0.1, 0.15) is 5.56 Å². The van der Waals surface area contributed by atoms with Crippen molar-refractivity contribution in [1.29, 1.82) is 0 Å². The third kappa shape index (κ3) is 3.20. The first-order chi connectivity index (χ1) is 9.08. The monoisotopic (exact) mass is 280 g/mol. The second-order valence-electron chi connectivity index (χ2n) is 3.87. The van der Waals surface area contributed by atoms with Gasteiger partial charge in [0.25, 0.3) is 0 Å². The molecular weight excluding hydrogens is 271 g/mol. The molecule has 0 radical (unpaired) electrons. The average molecular weight is 281 g/mol. The molecule has 2 aromatic rings. The van der Waals surface area contributed by atoms with E-state index in [2.05, 4.69) is 5.32 Å². The molecule has 0 saturated heterocycles. The highest BCUT2D eigenvalue weighted by atomic mass is 35.5. The van der Waals surface area contributed by atoms with Gasteiger partial charge in [-0.2, -0.15) is 4.39 Å². The fourth-order valence-electron chi connectivity index (χ4n) is 1.64. The van der Waals surface area contributed by atoms with Crippen molar-refractivity contribution in [1.82, 2.24) is 0 Å². The number of nitrogens with one attached hydrogen (secondary N) is 1. The van der Waals surface area contributed by atoms with Gasteiger partial charge in [-0.15, -0.1) is 0 Å². The summed E-state index contributed by atoms with van der Waals surface area (Å²) in [5.41, 5.74) is 0.429. The van der Waals surface area contributed by atoms with E-state index in [0.717, 1.165) is 11.8 Å². The Morgan fingerprint density at radius 2 is 2.00 bits per heavy atom. The van der Waals surface area contributed by atoms with Crippen LogP contribution in [0.2, 0.25) is 5.02 Å². The summed E-state index contributed by atoms with van der Waals surface area (Å²) in [5, 5.41) is 14.1. The summed E-state index contributed by atoms with van der Waals surface area (Å²) in [6.07, 6.45) is 0. The predicted molar refractivity (Wildman–Crippen MR) is 71.8 cm³/mol. The van der Waals surface area contributed by atoms with Gasteiger partial charge < -0.3 is 5.32 Å². The SMILES string of the molecule is O=[N+]([O-])c1cccc(CNc2cccc(Cl)c2)c1F. The maximum absolute atomic E-state index is 13.8. The molecule has 0 atom stereocenters. The topological polar surface area (TPSA) is 55.2 Å². The van der Waals surface area contributed by atoms with Crippen molar-refractivity contribution < 1.29 is 9.31 Å². The summed E-state index contributed by atoms with van der Waals surface area (Å²) in [6, 6.07) is 11.0. The zero-order valence-corrected chi connectivity index (χ0v) is 10.5. The number of nitro groups is 1. The molecule has 0 amide bonds. The maximum atomic E-state index is 13.8. The molecule has 19 heavy (non-hydrogen) atoms. The summed E-state index contributed by atoms with van der Waals surface area (Å²) in [4.78, 5) is 9.88. The third-order valence-electron chi connectivity index (χ3n) is 2.56. The lowest BCUT2D eigenvalue weighted by atomic mass is 10.2. The van der Waals surface area contributed by atoms with E-state index in [1.165, 1.54) is 12.1 Å². The van der Waals surface area contributed by atoms with Crippen molar-refractivity contribution in [3.8, 4) is 0 Å². The molecule has 0 saturated carbocycles. The van der Waals surface area contributed by atoms with Crippen LogP contribution in [0.4, 0.5) is 15.8 Å². The van der Waals surface area contributed by atoms with E-state index in [1.807, 2.05) is 0 Å². The summed E-state index contributed by atoms with van der Waals surface area (Å²) < 4.78 is 13.8. The van der Waals surface area contributed by atoms with Crippen molar-refractivity contribution in [2.45, 2.75) is 6.54 Å². The molecule has 0 aromatic heterocycles. The van der Waals surface area contributed by atoms with Gasteiger partial charge in [0.15, 0.2) is 0 Å². The van der Waals surface area contributed by atoms with Gasteiger partial charge in [0, 0.05) is 28.9 Å². The molecule has 0 aliphatic carbocycles. The van der Waals surface area contributed by atoms with Crippen LogP contribution in [0.25, 0.3) is 0 Å². The summed E-state index contributed by atoms with van der Waals surface area (Å²) in [7, 11) is 0. The number of hydrogen-bond donors (Lipinski definition) is 1. The largest absolute Gasteiger partial charge is 0.381 e. The van der Waals surface area contributed by atoms with Gasteiger partial charge in [-0.3, -0.25) is 10.1 Å². The number of hydrogen-bond acceptors (Lipinski definition) is 3. The van der Waals surface area contributed by atoms with E-state index in [9.17, 15) is 14.5 Å². The standard InChI is InChI=1S/C13H10ClFN2O2/c14-10-4-2-5-11(7-10)16-8-9-3-1-6-12(13(9)15)17(18)19/h1-7,16H,8H2. The molecular formula is C13H10ClFN2O2. The van der Waals surface area contributed by atoms with Crippen molar-refractivity contribution in [2.75, 3.05) is 5.32 Å². The van der Waals surface area contributed by atoms with Crippen LogP contribution in [0.5, 0.6) is 0 Å². The quantitative estimate of drug-likeness (QED) is 0.680. The highest BCUT2D eigenvalue weighted by molar-refractivity contribution is 6.30. The molecule has 1 N–H and O–H groups in total. The van der Waals surface area contributed by atoms with Gasteiger partial charge in [0.05, 0.1) is 4.92 Å². The molecule has 0 fully saturated rings. The highest BCUT2D eigenvalue weighted by Gasteiger charge is 2.16. The fourth-order valence-corrected chi connectivity index (χ4v) is 1.83. The second kappa shape index (κ2) is 5.67. The first-order valence-electron chi connectivity index (χ1n) is 5.49. The Labute approximate surface area is 114 Å². The smallest absolute Gasteiger partial charge is 0.305 e. The van der Waals surface area contributed by atoms with Gasteiger partial charge in [-0.1, -0.05) is 29.8 Å². The molecule has 0 unspecified atom stereocenters. The van der Waals surface area contributed by atoms with Crippen molar-refractivity contribution in [3.63, 3.8) is 0 Å². The number of nitrogens with zero attached hydrogens (tertiary/aromatic N) is 1. The zero-order valence-electron chi connectivity index (χ0n) is 9.77. The van der Waals surface area contributed by atoms with Crippen LogP contribution in [-0.2, 0) is 6.54 Å². The minimum atomic E-state index is -0.818. The number of halogens is 2. The summed E-state index contributed by atoms with van der Waals surface area (Å²) >= 11 is 5.82. The van der Waals surface area contributed by atoms with Crippen LogP contribution in [0.15, 0.2) is 42.5 Å². The zero-order chi connectivity index (χ0) is 13.8. The van der Waals surface area contributed by atoms with E-state index in [1.54, 1.807) is 24.3 Å². The van der Waals surface area contributed by atoms with Crippen LogP contribution in [0, 0.1) is 15.9 Å². The van der Waals surface area contributed by atoms with Gasteiger partial charge in [0.2, 0.25) is 5.82 Å². The van der Waals surface area contributed by atoms with E-state index >= 15 is 0 Å². The number of nitro benzene ring substituents is 1. The Balaban J connectivity index is 2.16. The molecule has 98 valence electrons. The molecule has 2 aromatic carbocycles. The molecule has 0 aliphatic rings. The van der Waals surface area contributed by atoms with Gasteiger partial charge in [-0.25, -0.2) is 0 Å². The van der Waals surface area contributed by atoms with Crippen LogP contribution in [0.3, 0.4) is 0 Å². The van der Waals surface area contributed by atoms with Crippen molar-refractivity contribution in [3.05, 3.63) is 69.0 Å². The Kier molecular flexibility index (Phi) is 3.97. The lowest BCUT2D eigenvalue weighted by Crippen LogP contribution is -2.04. The first kappa shape index (κ1) is 13.3. The minimum absolute atomic E-state index is 0.147. The number of rotatable bonds is 4. The molecule has 0 heterocycles. The van der Waals surface area contributed by atoms with Crippen molar-refractivity contribution in [2.24, 2.45) is 0 Å². The fraction of sp³-hybridized carbons (Fsp3) is 0.0769. The first-order valence-corrected chi connectivity index (χ1v) is 5.87. The second-order valence-corrected chi connectivity index (χ2v) is 4.31. The van der Waals surface area contributed by atoms with Crippen LogP contribution < -0.4 is 5.32 Å². The molecule has 6 heteroatoms. The average Bonchev–Trinajstić information content (AvgIpc) is 2.37. The van der Waals surface area contributed by atoms with Gasteiger partial charge >= 0.3 is 5.69 Å². The molecule has 4 nitrogen and oxygen atoms in total. The van der Waals surface area contributed by atoms with Gasteiger partial charge in [0.1, 0.15) is 0 Å². The van der Waals surface area contributed by atoms with E-state index < -0.39 is 16.4 Å². The molecule has 0 bridgehead atoms. The van der Waals surface area contributed by atoms with Gasteiger partial charge in [-0.05, 0) is 18.2 Å². The number of anilines is 1. The molecule has 0 spiro atoms. The summed E-state index contributed by atoms with van der Waals surface area (Å²) in [5.74, 6) is -0.818. The summed E-state index contributed by atoms with van der Waals surface area (Å²) in [6.45, 7) is 0.147. The third-order valence-corrected chi connectivity index (χ3v) is 2.80. The lowest BCUT2D eigenvalue weighted by Gasteiger charge is -2.07. The molecule has 0 aliphatic heterocycles. The van der Waals surface area contributed by atoms with E-state index in [4.69, 9.17) is 11.6 Å². The predicted octanol–water partition coefficient (Wildman–Crippen LogP) is 4.00. The lowest BCUT2D eigenvalue weighted by molar-refractivity contribution is -0.387. The van der Waals surface area contributed by atoms with Crippen LogP contribution >= 0.6 is 11.6 Å². The number of benzene rings is 2. The van der Waals surface area contributed by atoms with Crippen LogP contribution in [-0.4, -0.2) is 4.92 Å². The van der Waals surface area contributed by atoms with E-state index in [-0.39, 0.29) is 12.1 Å². The molecule has 2 rings (SSSR count). The maximum Gasteiger partial charge on any atom is 0.305 e. The Bertz CT molecular complexity index is 619. The minimum Gasteiger partial charge on any atom is -0.381 e. The van der Waals surface area contributed by atoms with E-state index in [0.29, 0.717) is 5.02 Å². The normalized spacial score (nSPS) is 10.2.